The van der Waals surface area contributed by atoms with Crippen molar-refractivity contribution in [3.05, 3.63) is 82.9 Å². The monoisotopic (exact) mass is 448 g/mol. The van der Waals surface area contributed by atoms with Crippen LogP contribution < -0.4 is 9.83 Å². The molecule has 1 amide bonds. The van der Waals surface area contributed by atoms with Gasteiger partial charge >= 0.3 is 88.7 Å². The van der Waals surface area contributed by atoms with Crippen molar-refractivity contribution < 1.29 is 26.4 Å². The number of carbonyl (C=O) groups excluding carboxylic acids is 1. The van der Waals surface area contributed by atoms with Crippen LogP contribution in [-0.2, 0) is 16.2 Å². The summed E-state index contributed by atoms with van der Waals surface area (Å²) in [5, 5.41) is 20.7. The molecule has 1 unspecified atom stereocenters. The van der Waals surface area contributed by atoms with Gasteiger partial charge in [0.2, 0.25) is 0 Å². The number of carbonyl (C=O) groups is 1. The van der Waals surface area contributed by atoms with Gasteiger partial charge in [0.05, 0.1) is 10.3 Å². The van der Waals surface area contributed by atoms with Crippen molar-refractivity contribution in [1.82, 2.24) is 5.48 Å². The summed E-state index contributed by atoms with van der Waals surface area (Å²) in [6.07, 6.45) is 0. The summed E-state index contributed by atoms with van der Waals surface area (Å²) in [6, 6.07) is 20.2. The average molecular weight is 448 g/mol. The number of nitro groups is 1. The molecule has 3 aromatic carbocycles. The Bertz CT molecular complexity index is 1010. The van der Waals surface area contributed by atoms with Crippen LogP contribution in [0.4, 0.5) is 5.69 Å². The number of fused-ring (bicyclic) bond motifs is 1. The first kappa shape index (κ1) is 21.3. The molecule has 0 saturated carbocycles. The molecule has 3 aromatic rings. The van der Waals surface area contributed by atoms with Gasteiger partial charge in [0.15, 0.2) is 0 Å². The maximum atomic E-state index is 11.8. The van der Waals surface area contributed by atoms with Gasteiger partial charge in [-0.3, -0.25) is 10.1 Å². The van der Waals surface area contributed by atoms with E-state index >= 15 is 0 Å². The number of nitrogens with zero attached hydrogens (tertiary/aromatic N) is 1. The Labute approximate surface area is 162 Å². The molecule has 9 nitrogen and oxygen atoms in total. The molecule has 0 saturated heterocycles. The zero-order valence-electron chi connectivity index (χ0n) is 14.7. The number of nitro benzene ring substituents is 1. The van der Waals surface area contributed by atoms with Crippen molar-refractivity contribution in [1.29, 1.82) is 0 Å². The number of hydrogen-bond donors (Lipinski definition) is 2. The van der Waals surface area contributed by atoms with Crippen molar-refractivity contribution in [3.8, 4) is 0 Å². The SMILES string of the molecule is CC(=O)NO[As](=O)(OO)c1ccccc1.O=[N+]([O-])c1cccc2ccccc12. The van der Waals surface area contributed by atoms with Crippen LogP contribution in [0.5, 0.6) is 0 Å². The topological polar surface area (TPSA) is 128 Å². The minimum absolute atomic E-state index is 0.165. The number of benzene rings is 3. The van der Waals surface area contributed by atoms with Crippen LogP contribution in [0.1, 0.15) is 6.92 Å². The Kier molecular flexibility index (Phi) is 7.48. The molecular weight excluding hydrogens is 431 g/mol. The summed E-state index contributed by atoms with van der Waals surface area (Å²) in [6.45, 7) is 1.18. The van der Waals surface area contributed by atoms with Crippen molar-refractivity contribution in [2.24, 2.45) is 0 Å². The van der Waals surface area contributed by atoms with Gasteiger partial charge in [0.25, 0.3) is 5.69 Å². The largest absolute Gasteiger partial charge is 0.277 e. The van der Waals surface area contributed by atoms with Gasteiger partial charge in [-0.25, -0.2) is 0 Å². The van der Waals surface area contributed by atoms with Crippen LogP contribution in [0.2, 0.25) is 0 Å². The fourth-order valence-corrected chi connectivity index (χ4v) is 4.36. The fourth-order valence-electron chi connectivity index (χ4n) is 2.22. The molecule has 0 fully saturated rings. The molecule has 0 aliphatic carbocycles. The zero-order chi connectivity index (χ0) is 20.6. The van der Waals surface area contributed by atoms with Crippen molar-refractivity contribution in [2.75, 3.05) is 0 Å². The maximum Gasteiger partial charge on any atom is 0.277 e. The van der Waals surface area contributed by atoms with Gasteiger partial charge in [-0.1, -0.05) is 30.3 Å². The molecule has 0 spiro atoms. The second-order valence-electron chi connectivity index (χ2n) is 5.42. The van der Waals surface area contributed by atoms with E-state index in [4.69, 9.17) is 5.26 Å². The first-order valence-corrected chi connectivity index (χ1v) is 11.2. The van der Waals surface area contributed by atoms with Gasteiger partial charge < -0.3 is 0 Å². The third kappa shape index (κ3) is 5.51. The smallest absolute Gasteiger partial charge is 0.258 e. The third-order valence-corrected chi connectivity index (χ3v) is 6.55. The molecule has 3 rings (SSSR count). The summed E-state index contributed by atoms with van der Waals surface area (Å²) in [5.41, 5.74) is 2.04. The molecular formula is C18H17AsN2O7. The molecule has 0 aliphatic rings. The van der Waals surface area contributed by atoms with E-state index in [2.05, 4.69) is 7.70 Å². The molecule has 1 atom stereocenters. The Morgan fingerprint density at radius 3 is 2.25 bits per heavy atom. The first-order chi connectivity index (χ1) is 13.4. The van der Waals surface area contributed by atoms with Gasteiger partial charge in [-0.2, -0.15) is 0 Å². The molecule has 0 aromatic heterocycles. The summed E-state index contributed by atoms with van der Waals surface area (Å²) >= 11 is -4.55. The van der Waals surface area contributed by atoms with Gasteiger partial charge in [-0.15, -0.1) is 0 Å². The second kappa shape index (κ2) is 9.82. The van der Waals surface area contributed by atoms with E-state index in [1.807, 2.05) is 23.7 Å². The third-order valence-electron chi connectivity index (χ3n) is 3.45. The molecule has 0 aliphatic heterocycles. The molecule has 28 heavy (non-hydrogen) atoms. The van der Waals surface area contributed by atoms with E-state index in [1.165, 1.54) is 25.1 Å². The average Bonchev–Trinajstić information content (AvgIpc) is 2.72. The Hall–Kier alpha value is -2.97. The van der Waals surface area contributed by atoms with Gasteiger partial charge in [0, 0.05) is 6.07 Å². The fraction of sp³-hybridized carbons (Fsp3) is 0.0556. The summed E-state index contributed by atoms with van der Waals surface area (Å²) in [7, 11) is 0. The Morgan fingerprint density at radius 1 is 1.04 bits per heavy atom. The number of hydroxylamine groups is 1. The first-order valence-electron chi connectivity index (χ1n) is 7.93. The Morgan fingerprint density at radius 2 is 1.64 bits per heavy atom. The summed E-state index contributed by atoms with van der Waals surface area (Å²) in [5.74, 6) is -0.537. The number of amides is 1. The van der Waals surface area contributed by atoms with Gasteiger partial charge in [0.1, 0.15) is 0 Å². The Balaban J connectivity index is 0.000000202. The molecule has 0 bridgehead atoms. The predicted octanol–water partition coefficient (Wildman–Crippen LogP) is 2.57. The van der Waals surface area contributed by atoms with Crippen LogP contribution >= 0.6 is 0 Å². The van der Waals surface area contributed by atoms with E-state index in [1.54, 1.807) is 36.4 Å². The summed E-state index contributed by atoms with van der Waals surface area (Å²) in [4.78, 5) is 20.8. The second-order valence-corrected chi connectivity index (χ2v) is 9.32. The van der Waals surface area contributed by atoms with Crippen LogP contribution in [0.15, 0.2) is 72.8 Å². The quantitative estimate of drug-likeness (QED) is 0.266. The van der Waals surface area contributed by atoms with Crippen LogP contribution in [-0.4, -0.2) is 30.3 Å². The minimum atomic E-state index is -4.55. The standard InChI is InChI=1S/C10H7NO2.C8H10AsNO5/c12-11(13)10-7-3-5-8-4-1-2-6-9(8)10;1-7(11)10-14-9(12,15-13)8-5-3-2-4-6-8/h1-7H;2-6,13H,1H3,(H,10,11). The van der Waals surface area contributed by atoms with E-state index in [-0.39, 0.29) is 15.0 Å². The van der Waals surface area contributed by atoms with E-state index < -0.39 is 20.1 Å². The number of non-ortho nitro benzene ring substituents is 1. The molecule has 10 heteroatoms. The molecule has 146 valence electrons. The van der Waals surface area contributed by atoms with E-state index in [0.29, 0.717) is 5.39 Å². The van der Waals surface area contributed by atoms with Crippen LogP contribution in [0.3, 0.4) is 0 Å². The normalized spacial score (nSPS) is 12.4. The molecule has 0 radical (unpaired) electrons. The minimum Gasteiger partial charge on any atom is -0.258 e. The van der Waals surface area contributed by atoms with Crippen molar-refractivity contribution >= 4 is 40.9 Å². The maximum absolute atomic E-state index is 11.8. The van der Waals surface area contributed by atoms with Crippen molar-refractivity contribution in [2.45, 2.75) is 6.92 Å². The number of hydrogen-bond acceptors (Lipinski definition) is 7. The van der Waals surface area contributed by atoms with E-state index in [9.17, 15) is 18.6 Å². The molecule has 2 N–H and O–H groups in total. The number of nitrogens with one attached hydrogen (secondary N) is 1. The predicted molar refractivity (Wildman–Crippen MR) is 102 cm³/mol. The molecule has 0 heterocycles. The van der Waals surface area contributed by atoms with Gasteiger partial charge in [-0.05, 0) is 11.5 Å². The zero-order valence-corrected chi connectivity index (χ0v) is 16.6. The number of rotatable bonds is 5. The van der Waals surface area contributed by atoms with Crippen LogP contribution in [0, 0.1) is 10.1 Å². The van der Waals surface area contributed by atoms with E-state index in [0.717, 1.165) is 5.39 Å². The summed E-state index contributed by atoms with van der Waals surface area (Å²) < 4.78 is 20.5. The van der Waals surface area contributed by atoms with Crippen molar-refractivity contribution in [3.63, 3.8) is 0 Å². The van der Waals surface area contributed by atoms with Crippen LogP contribution in [0.25, 0.3) is 10.8 Å².